The van der Waals surface area contributed by atoms with E-state index in [-0.39, 0.29) is 18.3 Å². The first kappa shape index (κ1) is 15.7. The van der Waals surface area contributed by atoms with Crippen molar-refractivity contribution >= 4 is 46.6 Å². The van der Waals surface area contributed by atoms with Gasteiger partial charge in [0.1, 0.15) is 0 Å². The fourth-order valence-electron chi connectivity index (χ4n) is 1.71. The summed E-state index contributed by atoms with van der Waals surface area (Å²) in [6.45, 7) is 3.54. The summed E-state index contributed by atoms with van der Waals surface area (Å²) in [4.78, 5) is 13.9. The number of ether oxygens (including phenoxy) is 1. The van der Waals surface area contributed by atoms with E-state index in [0.717, 1.165) is 35.6 Å². The predicted molar refractivity (Wildman–Crippen MR) is 82.3 cm³/mol. The molecule has 1 saturated heterocycles. The number of halogens is 2. The normalized spacial score (nSPS) is 15.8. The third-order valence-electron chi connectivity index (χ3n) is 2.62. The summed E-state index contributed by atoms with van der Waals surface area (Å²) < 4.78 is 6.30. The van der Waals surface area contributed by atoms with Gasteiger partial charge in [-0.2, -0.15) is 0 Å². The molecule has 0 bridgehead atoms. The maximum atomic E-state index is 11.8. The lowest BCUT2D eigenvalue weighted by Gasteiger charge is -2.25. The number of hydrogen-bond acceptors (Lipinski definition) is 3. The summed E-state index contributed by atoms with van der Waals surface area (Å²) >= 11 is 2.22. The highest BCUT2D eigenvalue weighted by atomic mass is 127. The van der Waals surface area contributed by atoms with Crippen molar-refractivity contribution in [1.82, 2.24) is 4.90 Å². The number of hydrogen-bond donors (Lipinski definition) is 1. The Labute approximate surface area is 127 Å². The molecule has 1 N–H and O–H groups in total. The summed E-state index contributed by atoms with van der Waals surface area (Å²) in [6.07, 6.45) is 0. The summed E-state index contributed by atoms with van der Waals surface area (Å²) in [6, 6.07) is 7.77. The molecule has 1 aliphatic rings. The lowest BCUT2D eigenvalue weighted by molar-refractivity contribution is -0.118. The maximum absolute atomic E-state index is 11.8. The summed E-state index contributed by atoms with van der Waals surface area (Å²) in [7, 11) is 0. The number of carbonyl (C=O) groups is 1. The van der Waals surface area contributed by atoms with Crippen molar-refractivity contribution in [2.45, 2.75) is 0 Å². The van der Waals surface area contributed by atoms with E-state index in [1.54, 1.807) is 0 Å². The molecule has 100 valence electrons. The topological polar surface area (TPSA) is 41.6 Å². The minimum atomic E-state index is 0. The molecule has 2 rings (SSSR count). The van der Waals surface area contributed by atoms with Crippen molar-refractivity contribution < 1.29 is 9.53 Å². The molecule has 0 saturated carbocycles. The molecule has 0 radical (unpaired) electrons. The fourth-order valence-corrected chi connectivity index (χ4v) is 2.24. The van der Waals surface area contributed by atoms with Gasteiger partial charge in [-0.1, -0.05) is 12.1 Å². The van der Waals surface area contributed by atoms with Crippen molar-refractivity contribution in [2.24, 2.45) is 0 Å². The lowest BCUT2D eigenvalue weighted by atomic mass is 10.3. The first-order valence-corrected chi connectivity index (χ1v) is 6.68. The van der Waals surface area contributed by atoms with Gasteiger partial charge < -0.3 is 10.1 Å². The van der Waals surface area contributed by atoms with Gasteiger partial charge in [-0.3, -0.25) is 9.69 Å². The molecule has 1 aromatic rings. The zero-order chi connectivity index (χ0) is 12.1. The molecule has 18 heavy (non-hydrogen) atoms. The molecule has 0 spiro atoms. The quantitative estimate of drug-likeness (QED) is 0.813. The van der Waals surface area contributed by atoms with Crippen molar-refractivity contribution in [3.8, 4) is 0 Å². The Kier molecular flexibility index (Phi) is 6.91. The zero-order valence-corrected chi connectivity index (χ0v) is 12.9. The molecule has 6 heteroatoms. The van der Waals surface area contributed by atoms with E-state index in [0.29, 0.717) is 6.54 Å². The second-order valence-electron chi connectivity index (χ2n) is 3.92. The van der Waals surface area contributed by atoms with Crippen LogP contribution in [0.1, 0.15) is 0 Å². The number of amides is 1. The van der Waals surface area contributed by atoms with Crippen LogP contribution in [0.15, 0.2) is 24.3 Å². The second kappa shape index (κ2) is 7.93. The highest BCUT2D eigenvalue weighted by Crippen LogP contribution is 2.16. The van der Waals surface area contributed by atoms with Gasteiger partial charge in [0.2, 0.25) is 5.91 Å². The SMILES string of the molecule is Cl.O=C(CN1CCOCC1)Nc1ccccc1I. The van der Waals surface area contributed by atoms with Crippen LogP contribution >= 0.6 is 35.0 Å². The van der Waals surface area contributed by atoms with Crippen molar-refractivity contribution in [3.05, 3.63) is 27.8 Å². The Balaban J connectivity index is 0.00000162. The number of anilines is 1. The highest BCUT2D eigenvalue weighted by molar-refractivity contribution is 14.1. The van der Waals surface area contributed by atoms with Crippen LogP contribution in [0.25, 0.3) is 0 Å². The van der Waals surface area contributed by atoms with Crippen LogP contribution in [0.5, 0.6) is 0 Å². The van der Waals surface area contributed by atoms with Gasteiger partial charge in [0, 0.05) is 16.7 Å². The van der Waals surface area contributed by atoms with Crippen LogP contribution in [-0.4, -0.2) is 43.7 Å². The predicted octanol–water partition coefficient (Wildman–Crippen LogP) is 1.98. The Morgan fingerprint density at radius 1 is 1.33 bits per heavy atom. The van der Waals surface area contributed by atoms with Gasteiger partial charge in [-0.15, -0.1) is 12.4 Å². The zero-order valence-electron chi connectivity index (χ0n) is 9.89. The van der Waals surface area contributed by atoms with E-state index in [2.05, 4.69) is 32.8 Å². The third-order valence-corrected chi connectivity index (χ3v) is 3.56. The van der Waals surface area contributed by atoms with Gasteiger partial charge >= 0.3 is 0 Å². The molecule has 4 nitrogen and oxygen atoms in total. The third kappa shape index (κ3) is 4.72. The highest BCUT2D eigenvalue weighted by Gasteiger charge is 2.14. The average molecular weight is 383 g/mol. The molecule has 0 unspecified atom stereocenters. The lowest BCUT2D eigenvalue weighted by Crippen LogP contribution is -2.41. The van der Waals surface area contributed by atoms with Crippen LogP contribution in [0.3, 0.4) is 0 Å². The fraction of sp³-hybridized carbons (Fsp3) is 0.417. The Bertz CT molecular complexity index is 397. The summed E-state index contributed by atoms with van der Waals surface area (Å²) in [5, 5.41) is 2.93. The second-order valence-corrected chi connectivity index (χ2v) is 5.08. The number of carbonyl (C=O) groups excluding carboxylic acids is 1. The van der Waals surface area contributed by atoms with Crippen LogP contribution in [0, 0.1) is 3.57 Å². The Hall–Kier alpha value is -0.370. The summed E-state index contributed by atoms with van der Waals surface area (Å²) in [5.41, 5.74) is 0.881. The molecule has 1 aliphatic heterocycles. The van der Waals surface area contributed by atoms with E-state index >= 15 is 0 Å². The van der Waals surface area contributed by atoms with Gasteiger partial charge in [-0.25, -0.2) is 0 Å². The minimum absolute atomic E-state index is 0. The Morgan fingerprint density at radius 3 is 2.67 bits per heavy atom. The molecule has 0 atom stereocenters. The van der Waals surface area contributed by atoms with Crippen molar-refractivity contribution in [1.29, 1.82) is 0 Å². The van der Waals surface area contributed by atoms with Crippen LogP contribution in [0.2, 0.25) is 0 Å². The number of benzene rings is 1. The smallest absolute Gasteiger partial charge is 0.238 e. The van der Waals surface area contributed by atoms with E-state index in [1.807, 2.05) is 24.3 Å². The Morgan fingerprint density at radius 2 is 2.00 bits per heavy atom. The molecule has 0 aromatic heterocycles. The number of nitrogens with one attached hydrogen (secondary N) is 1. The molecular weight excluding hydrogens is 367 g/mol. The van der Waals surface area contributed by atoms with Crippen LogP contribution in [0.4, 0.5) is 5.69 Å². The monoisotopic (exact) mass is 382 g/mol. The molecule has 0 aliphatic carbocycles. The van der Waals surface area contributed by atoms with Crippen molar-refractivity contribution in [2.75, 3.05) is 38.2 Å². The van der Waals surface area contributed by atoms with Crippen LogP contribution < -0.4 is 5.32 Å². The maximum Gasteiger partial charge on any atom is 0.238 e. The largest absolute Gasteiger partial charge is 0.379 e. The van der Waals surface area contributed by atoms with Crippen LogP contribution in [-0.2, 0) is 9.53 Å². The molecule has 1 fully saturated rings. The van der Waals surface area contributed by atoms with Gasteiger partial charge in [-0.05, 0) is 34.7 Å². The molecule has 1 aromatic carbocycles. The minimum Gasteiger partial charge on any atom is -0.379 e. The van der Waals surface area contributed by atoms with Gasteiger partial charge in [0.15, 0.2) is 0 Å². The first-order valence-electron chi connectivity index (χ1n) is 5.60. The van der Waals surface area contributed by atoms with E-state index < -0.39 is 0 Å². The van der Waals surface area contributed by atoms with E-state index in [9.17, 15) is 4.79 Å². The molecular formula is C12H16ClIN2O2. The number of morpholine rings is 1. The summed E-state index contributed by atoms with van der Waals surface area (Å²) in [5.74, 6) is 0.0380. The standard InChI is InChI=1S/C12H15IN2O2.ClH/c13-10-3-1-2-4-11(10)14-12(16)9-15-5-7-17-8-6-15;/h1-4H,5-9H2,(H,14,16);1H. The molecule has 1 amide bonds. The number of nitrogens with zero attached hydrogens (tertiary/aromatic N) is 1. The number of para-hydroxylation sites is 1. The van der Waals surface area contributed by atoms with E-state index in [4.69, 9.17) is 4.74 Å². The number of rotatable bonds is 3. The van der Waals surface area contributed by atoms with E-state index in [1.165, 1.54) is 0 Å². The van der Waals surface area contributed by atoms with Crippen molar-refractivity contribution in [3.63, 3.8) is 0 Å². The van der Waals surface area contributed by atoms with Gasteiger partial charge in [0.25, 0.3) is 0 Å². The molecule has 1 heterocycles. The first-order chi connectivity index (χ1) is 8.25. The van der Waals surface area contributed by atoms with Gasteiger partial charge in [0.05, 0.1) is 25.4 Å². The average Bonchev–Trinajstić information content (AvgIpc) is 2.33.